The van der Waals surface area contributed by atoms with Crippen molar-refractivity contribution in [2.75, 3.05) is 6.54 Å². The van der Waals surface area contributed by atoms with Gasteiger partial charge < -0.3 is 15.2 Å². The molecule has 2 unspecified atom stereocenters. The van der Waals surface area contributed by atoms with Gasteiger partial charge in [-0.2, -0.15) is 5.10 Å². The van der Waals surface area contributed by atoms with Gasteiger partial charge in [-0.15, -0.1) is 0 Å². The fourth-order valence-electron chi connectivity index (χ4n) is 3.66. The molecule has 2 atom stereocenters. The average molecular weight is 313 g/mol. The fraction of sp³-hybridized carbons (Fsp3) is 0.500. The summed E-state index contributed by atoms with van der Waals surface area (Å²) in [6, 6.07) is 8.48. The monoisotopic (exact) mass is 313 g/mol. The first-order chi connectivity index (χ1) is 11.2. The van der Waals surface area contributed by atoms with Gasteiger partial charge in [0.25, 0.3) is 0 Å². The molecule has 0 amide bonds. The van der Waals surface area contributed by atoms with E-state index in [-0.39, 0.29) is 11.6 Å². The average Bonchev–Trinajstić information content (AvgIpc) is 2.97. The van der Waals surface area contributed by atoms with E-state index in [1.807, 2.05) is 25.4 Å². The molecule has 4 rings (SSSR count). The summed E-state index contributed by atoms with van der Waals surface area (Å²) in [5.41, 5.74) is 2.05. The summed E-state index contributed by atoms with van der Waals surface area (Å²) in [5.74, 6) is 0.992. The number of aromatic nitrogens is 2. The van der Waals surface area contributed by atoms with E-state index in [1.165, 1.54) is 12.0 Å². The highest BCUT2D eigenvalue weighted by Gasteiger charge is 2.45. The van der Waals surface area contributed by atoms with Crippen LogP contribution in [0.15, 0.2) is 36.7 Å². The number of rotatable bonds is 4. The molecule has 1 aliphatic heterocycles. The highest BCUT2D eigenvalue weighted by Crippen LogP contribution is 2.48. The first-order valence-corrected chi connectivity index (χ1v) is 8.33. The number of aryl methyl sites for hydroxylation is 1. The number of ether oxygens (including phenoxy) is 1. The highest BCUT2D eigenvalue weighted by molar-refractivity contribution is 5.39. The van der Waals surface area contributed by atoms with E-state index in [0.29, 0.717) is 6.54 Å². The Morgan fingerprint density at radius 2 is 2.26 bits per heavy atom. The number of para-hydroxylation sites is 1. The summed E-state index contributed by atoms with van der Waals surface area (Å²) in [6.07, 6.45) is 7.51. The van der Waals surface area contributed by atoms with Crippen molar-refractivity contribution in [1.29, 1.82) is 0 Å². The van der Waals surface area contributed by atoms with Crippen molar-refractivity contribution in [3.63, 3.8) is 0 Å². The van der Waals surface area contributed by atoms with Crippen LogP contribution in [0, 0.1) is 0 Å². The number of aliphatic hydroxyl groups excluding tert-OH is 1. The minimum Gasteiger partial charge on any atom is -0.487 e. The van der Waals surface area contributed by atoms with Crippen LogP contribution in [0.25, 0.3) is 0 Å². The maximum atomic E-state index is 10.4. The Labute approximate surface area is 136 Å². The number of fused-ring (bicyclic) bond motifs is 1. The van der Waals surface area contributed by atoms with Crippen LogP contribution >= 0.6 is 0 Å². The van der Waals surface area contributed by atoms with Crippen LogP contribution in [0.4, 0.5) is 0 Å². The fourth-order valence-corrected chi connectivity index (χ4v) is 3.66. The lowest BCUT2D eigenvalue weighted by atomic mass is 9.73. The Morgan fingerprint density at radius 3 is 2.96 bits per heavy atom. The minimum atomic E-state index is -0.545. The smallest absolute Gasteiger partial charge is 0.124 e. The lowest BCUT2D eigenvalue weighted by Crippen LogP contribution is -2.49. The molecule has 23 heavy (non-hydrogen) atoms. The van der Waals surface area contributed by atoms with E-state index >= 15 is 0 Å². The van der Waals surface area contributed by atoms with Gasteiger partial charge in [0.15, 0.2) is 0 Å². The summed E-state index contributed by atoms with van der Waals surface area (Å²) in [4.78, 5) is 0. The van der Waals surface area contributed by atoms with Gasteiger partial charge in [-0.25, -0.2) is 0 Å². The molecule has 2 N–H and O–H groups in total. The van der Waals surface area contributed by atoms with E-state index in [2.05, 4.69) is 22.5 Å². The van der Waals surface area contributed by atoms with Gasteiger partial charge in [0, 0.05) is 43.4 Å². The number of nitrogens with zero attached hydrogens (tertiary/aromatic N) is 2. The third-order valence-electron chi connectivity index (χ3n) is 5.13. The molecule has 1 aromatic carbocycles. The number of aliphatic hydroxyl groups is 1. The lowest BCUT2D eigenvalue weighted by molar-refractivity contribution is -0.0379. The zero-order valence-corrected chi connectivity index (χ0v) is 13.4. The molecular formula is C18H23N3O2. The summed E-state index contributed by atoms with van der Waals surface area (Å²) < 4.78 is 7.98. The first kappa shape index (κ1) is 14.7. The van der Waals surface area contributed by atoms with Gasteiger partial charge >= 0.3 is 0 Å². The quantitative estimate of drug-likeness (QED) is 0.910. The second-order valence-electron chi connectivity index (χ2n) is 6.80. The second kappa shape index (κ2) is 5.65. The molecule has 1 aromatic heterocycles. The Hall–Kier alpha value is -1.85. The SMILES string of the molecule is Cn1cc(C(O)CNC2CC3(CCC3)Oc3ccccc32)cn1. The van der Waals surface area contributed by atoms with Gasteiger partial charge in [0.2, 0.25) is 0 Å². The normalized spacial score (nSPS) is 23.0. The van der Waals surface area contributed by atoms with Crippen LogP contribution in [0.2, 0.25) is 0 Å². The Kier molecular flexibility index (Phi) is 3.62. The Morgan fingerprint density at radius 1 is 1.43 bits per heavy atom. The van der Waals surface area contributed by atoms with Gasteiger partial charge in [-0.1, -0.05) is 18.2 Å². The zero-order valence-electron chi connectivity index (χ0n) is 13.4. The lowest BCUT2D eigenvalue weighted by Gasteiger charge is -2.48. The van der Waals surface area contributed by atoms with Crippen molar-refractivity contribution >= 4 is 0 Å². The standard InChI is InChI=1S/C18H23N3O2/c1-21-12-13(10-20-21)16(22)11-19-15-9-18(7-4-8-18)23-17-6-3-2-5-14(15)17/h2-3,5-6,10,12,15-16,19,22H,4,7-9,11H2,1H3. The number of hydrogen-bond donors (Lipinski definition) is 2. The van der Waals surface area contributed by atoms with Crippen LogP contribution in [0.5, 0.6) is 5.75 Å². The van der Waals surface area contributed by atoms with Gasteiger partial charge in [-0.05, 0) is 25.3 Å². The van der Waals surface area contributed by atoms with Crippen LogP contribution < -0.4 is 10.1 Å². The molecule has 122 valence electrons. The Bertz CT molecular complexity index is 693. The highest BCUT2D eigenvalue weighted by atomic mass is 16.5. The van der Waals surface area contributed by atoms with E-state index in [0.717, 1.165) is 30.6 Å². The summed E-state index contributed by atoms with van der Waals surface area (Å²) >= 11 is 0. The summed E-state index contributed by atoms with van der Waals surface area (Å²) in [5, 5.41) is 18.0. The molecular weight excluding hydrogens is 290 g/mol. The van der Waals surface area contributed by atoms with Crippen LogP contribution in [-0.4, -0.2) is 27.0 Å². The van der Waals surface area contributed by atoms with Crippen molar-refractivity contribution in [2.45, 2.75) is 43.4 Å². The van der Waals surface area contributed by atoms with Gasteiger partial charge in [0.1, 0.15) is 11.4 Å². The summed E-state index contributed by atoms with van der Waals surface area (Å²) in [6.45, 7) is 0.515. The zero-order chi connectivity index (χ0) is 15.9. The molecule has 1 fully saturated rings. The topological polar surface area (TPSA) is 59.3 Å². The second-order valence-corrected chi connectivity index (χ2v) is 6.80. The minimum absolute atomic E-state index is 0.00523. The van der Waals surface area contributed by atoms with Crippen LogP contribution in [0.1, 0.15) is 49.0 Å². The van der Waals surface area contributed by atoms with Crippen molar-refractivity contribution in [3.05, 3.63) is 47.8 Å². The molecule has 1 saturated carbocycles. The Balaban J connectivity index is 1.49. The third kappa shape index (κ3) is 2.75. The molecule has 2 aromatic rings. The van der Waals surface area contributed by atoms with Gasteiger partial charge in [-0.3, -0.25) is 4.68 Å². The van der Waals surface area contributed by atoms with E-state index in [9.17, 15) is 5.11 Å². The van der Waals surface area contributed by atoms with E-state index in [1.54, 1.807) is 10.9 Å². The van der Waals surface area contributed by atoms with E-state index in [4.69, 9.17) is 4.74 Å². The number of hydrogen-bond acceptors (Lipinski definition) is 4. The van der Waals surface area contributed by atoms with Crippen molar-refractivity contribution in [3.8, 4) is 5.75 Å². The van der Waals surface area contributed by atoms with E-state index < -0.39 is 6.10 Å². The molecule has 2 aliphatic rings. The predicted molar refractivity (Wildman–Crippen MR) is 87.2 cm³/mol. The molecule has 5 heteroatoms. The molecule has 1 aliphatic carbocycles. The molecule has 5 nitrogen and oxygen atoms in total. The number of nitrogens with one attached hydrogen (secondary N) is 1. The third-order valence-corrected chi connectivity index (χ3v) is 5.13. The predicted octanol–water partition coefficient (Wildman–Crippen LogP) is 2.49. The number of benzene rings is 1. The summed E-state index contributed by atoms with van der Waals surface area (Å²) in [7, 11) is 1.86. The maximum Gasteiger partial charge on any atom is 0.124 e. The maximum absolute atomic E-state index is 10.4. The molecule has 1 spiro atoms. The molecule has 0 saturated heterocycles. The van der Waals surface area contributed by atoms with Gasteiger partial charge in [0.05, 0.1) is 12.3 Å². The van der Waals surface area contributed by atoms with Crippen molar-refractivity contribution in [1.82, 2.24) is 15.1 Å². The first-order valence-electron chi connectivity index (χ1n) is 8.33. The molecule has 0 radical (unpaired) electrons. The van der Waals surface area contributed by atoms with Crippen molar-refractivity contribution in [2.24, 2.45) is 7.05 Å². The van der Waals surface area contributed by atoms with Crippen molar-refractivity contribution < 1.29 is 9.84 Å². The van der Waals surface area contributed by atoms with Crippen LogP contribution in [-0.2, 0) is 7.05 Å². The molecule has 2 heterocycles. The largest absolute Gasteiger partial charge is 0.487 e. The molecule has 0 bridgehead atoms. The van der Waals surface area contributed by atoms with Crippen LogP contribution in [0.3, 0.4) is 0 Å².